The maximum atomic E-state index is 12.6. The zero-order chi connectivity index (χ0) is 21.0. The molecule has 30 heavy (non-hydrogen) atoms. The van der Waals surface area contributed by atoms with Crippen molar-refractivity contribution in [2.75, 3.05) is 36.4 Å². The molecule has 1 fully saturated rings. The summed E-state index contributed by atoms with van der Waals surface area (Å²) >= 11 is 6.01. The molecule has 2 aromatic carbocycles. The summed E-state index contributed by atoms with van der Waals surface area (Å²) < 4.78 is 0. The van der Waals surface area contributed by atoms with Crippen molar-refractivity contribution in [2.45, 2.75) is 20.8 Å². The van der Waals surface area contributed by atoms with Gasteiger partial charge in [-0.15, -0.1) is 12.4 Å². The fraction of sp³-hybridized carbons (Fsp3) is 0.304. The average molecular weight is 445 g/mol. The fourth-order valence-corrected chi connectivity index (χ4v) is 3.58. The summed E-state index contributed by atoms with van der Waals surface area (Å²) in [4.78, 5) is 17.0. The number of nitriles is 1. The Hall–Kier alpha value is -2.68. The molecule has 158 valence electrons. The van der Waals surface area contributed by atoms with Gasteiger partial charge in [0.15, 0.2) is 0 Å². The van der Waals surface area contributed by atoms with Gasteiger partial charge in [-0.2, -0.15) is 5.26 Å². The highest BCUT2D eigenvalue weighted by atomic mass is 35.5. The summed E-state index contributed by atoms with van der Waals surface area (Å²) in [5.74, 6) is -0.421. The highest BCUT2D eigenvalue weighted by molar-refractivity contribution is 6.31. The highest BCUT2D eigenvalue weighted by Gasteiger charge is 2.19. The van der Waals surface area contributed by atoms with Crippen molar-refractivity contribution in [3.05, 3.63) is 69.9 Å². The fourth-order valence-electron chi connectivity index (χ4n) is 3.41. The minimum absolute atomic E-state index is 0. The number of anilines is 2. The highest BCUT2D eigenvalue weighted by Crippen LogP contribution is 2.24. The molecule has 2 aromatic rings. The third kappa shape index (κ3) is 5.47. The second-order valence-electron chi connectivity index (χ2n) is 7.31. The Morgan fingerprint density at radius 2 is 1.80 bits per heavy atom. The first-order chi connectivity index (χ1) is 13.9. The molecule has 1 heterocycles. The van der Waals surface area contributed by atoms with Gasteiger partial charge in [-0.25, -0.2) is 0 Å². The molecular weight excluding hydrogens is 419 g/mol. The average Bonchev–Trinajstić information content (AvgIpc) is 2.71. The zero-order valence-electron chi connectivity index (χ0n) is 17.4. The maximum absolute atomic E-state index is 12.6. The van der Waals surface area contributed by atoms with Crippen molar-refractivity contribution in [1.82, 2.24) is 4.90 Å². The van der Waals surface area contributed by atoms with Crippen molar-refractivity contribution in [3.63, 3.8) is 0 Å². The molecule has 1 aliphatic rings. The minimum Gasteiger partial charge on any atom is -0.373 e. The summed E-state index contributed by atoms with van der Waals surface area (Å²) in [5.41, 5.74) is 5.42. The summed E-state index contributed by atoms with van der Waals surface area (Å²) in [7, 11) is 0. The molecule has 0 aliphatic carbocycles. The van der Waals surface area contributed by atoms with Crippen molar-refractivity contribution in [2.24, 2.45) is 0 Å². The Morgan fingerprint density at radius 1 is 1.10 bits per heavy atom. The van der Waals surface area contributed by atoms with E-state index < -0.39 is 5.91 Å². The largest absolute Gasteiger partial charge is 0.373 e. The smallest absolute Gasteiger partial charge is 0.267 e. The SMILES string of the molecule is Cc1ccc(Cl)cc1NC(=O)/C(C#N)=C\N1CCN(c2cccc(C)c2C)CC1.Cl. The number of benzene rings is 2. The second-order valence-corrected chi connectivity index (χ2v) is 7.75. The van der Waals surface area contributed by atoms with Crippen LogP contribution in [0.3, 0.4) is 0 Å². The summed E-state index contributed by atoms with van der Waals surface area (Å²) in [6.07, 6.45) is 1.66. The standard InChI is InChI=1S/C23H25ClN4O.ClH/c1-16-5-4-6-22(18(16)3)28-11-9-27(10-12-28)15-19(14-25)23(29)26-21-13-20(24)8-7-17(21)2;/h4-8,13,15H,9-12H2,1-3H3,(H,26,29);1H/b19-15-;. The van der Waals surface area contributed by atoms with E-state index in [1.807, 2.05) is 24.0 Å². The third-order valence-corrected chi connectivity index (χ3v) is 5.59. The number of carbonyl (C=O) groups excluding carboxylic acids is 1. The second kappa shape index (κ2) is 10.4. The molecule has 0 radical (unpaired) electrons. The summed E-state index contributed by atoms with van der Waals surface area (Å²) in [5, 5.41) is 12.8. The van der Waals surface area contributed by atoms with Gasteiger partial charge in [0.05, 0.1) is 0 Å². The maximum Gasteiger partial charge on any atom is 0.267 e. The van der Waals surface area contributed by atoms with Crippen molar-refractivity contribution < 1.29 is 4.79 Å². The van der Waals surface area contributed by atoms with Crippen LogP contribution in [0.2, 0.25) is 5.02 Å². The van der Waals surface area contributed by atoms with Gasteiger partial charge < -0.3 is 15.1 Å². The molecule has 7 heteroatoms. The minimum atomic E-state index is -0.421. The lowest BCUT2D eigenvalue weighted by Crippen LogP contribution is -2.44. The lowest BCUT2D eigenvalue weighted by Gasteiger charge is -2.36. The van der Waals surface area contributed by atoms with E-state index in [4.69, 9.17) is 11.6 Å². The van der Waals surface area contributed by atoms with Crippen LogP contribution in [0.4, 0.5) is 11.4 Å². The first-order valence-electron chi connectivity index (χ1n) is 9.63. The molecule has 3 rings (SSSR count). The van der Waals surface area contributed by atoms with Gasteiger partial charge >= 0.3 is 0 Å². The molecule has 1 amide bonds. The lowest BCUT2D eigenvalue weighted by molar-refractivity contribution is -0.112. The predicted molar refractivity (Wildman–Crippen MR) is 125 cm³/mol. The van der Waals surface area contributed by atoms with E-state index in [9.17, 15) is 10.1 Å². The molecule has 0 bridgehead atoms. The van der Waals surface area contributed by atoms with E-state index in [0.29, 0.717) is 10.7 Å². The van der Waals surface area contributed by atoms with Crippen LogP contribution >= 0.6 is 24.0 Å². The van der Waals surface area contributed by atoms with Crippen LogP contribution in [-0.2, 0) is 4.79 Å². The zero-order valence-corrected chi connectivity index (χ0v) is 19.0. The molecule has 1 saturated heterocycles. The number of rotatable bonds is 4. The summed E-state index contributed by atoms with van der Waals surface area (Å²) in [6.45, 7) is 9.34. The van der Waals surface area contributed by atoms with E-state index in [-0.39, 0.29) is 18.0 Å². The number of aryl methyl sites for hydroxylation is 2. The lowest BCUT2D eigenvalue weighted by atomic mass is 10.1. The van der Waals surface area contributed by atoms with Crippen molar-refractivity contribution in [3.8, 4) is 6.07 Å². The van der Waals surface area contributed by atoms with Gasteiger partial charge in [0.25, 0.3) is 5.91 Å². The van der Waals surface area contributed by atoms with Gasteiger partial charge in [0, 0.05) is 48.8 Å². The van der Waals surface area contributed by atoms with Crippen LogP contribution in [0, 0.1) is 32.1 Å². The quantitative estimate of drug-likeness (QED) is 0.540. The number of amides is 1. The van der Waals surface area contributed by atoms with Crippen LogP contribution in [0.15, 0.2) is 48.2 Å². The van der Waals surface area contributed by atoms with Crippen LogP contribution in [0.1, 0.15) is 16.7 Å². The van der Waals surface area contributed by atoms with E-state index in [2.05, 4.69) is 42.3 Å². The van der Waals surface area contributed by atoms with Gasteiger partial charge in [-0.1, -0.05) is 29.8 Å². The van der Waals surface area contributed by atoms with Crippen LogP contribution in [-0.4, -0.2) is 37.0 Å². The number of halogens is 2. The molecule has 5 nitrogen and oxygen atoms in total. The first kappa shape index (κ1) is 23.6. The molecule has 0 saturated carbocycles. The normalized spacial score (nSPS) is 14.0. The Bertz CT molecular complexity index is 989. The number of hydrogen-bond acceptors (Lipinski definition) is 4. The van der Waals surface area contributed by atoms with Crippen molar-refractivity contribution >= 4 is 41.3 Å². The van der Waals surface area contributed by atoms with Gasteiger partial charge in [-0.05, 0) is 55.7 Å². The monoisotopic (exact) mass is 444 g/mol. The van der Waals surface area contributed by atoms with Gasteiger partial charge in [-0.3, -0.25) is 4.79 Å². The van der Waals surface area contributed by atoms with Gasteiger partial charge in [0.2, 0.25) is 0 Å². The third-order valence-electron chi connectivity index (χ3n) is 5.36. The van der Waals surface area contributed by atoms with Crippen LogP contribution in [0.5, 0.6) is 0 Å². The molecule has 0 atom stereocenters. The molecular formula is C23H26Cl2N4O. The Labute approximate surface area is 189 Å². The van der Waals surface area contributed by atoms with E-state index >= 15 is 0 Å². The topological polar surface area (TPSA) is 59.4 Å². The number of carbonyl (C=O) groups is 1. The predicted octanol–water partition coefficient (Wildman–Crippen LogP) is 4.86. The van der Waals surface area contributed by atoms with Crippen molar-refractivity contribution in [1.29, 1.82) is 5.26 Å². The Kier molecular flexibility index (Phi) is 8.16. The number of nitrogens with one attached hydrogen (secondary N) is 1. The Balaban J connectivity index is 0.00000320. The number of hydrogen-bond donors (Lipinski definition) is 1. The Morgan fingerprint density at radius 3 is 2.47 bits per heavy atom. The van der Waals surface area contributed by atoms with Crippen LogP contribution in [0.25, 0.3) is 0 Å². The van der Waals surface area contributed by atoms with E-state index in [0.717, 1.165) is 31.7 Å². The van der Waals surface area contributed by atoms with E-state index in [1.54, 1.807) is 18.3 Å². The molecule has 0 spiro atoms. The van der Waals surface area contributed by atoms with Gasteiger partial charge in [0.1, 0.15) is 11.6 Å². The molecule has 0 unspecified atom stereocenters. The first-order valence-corrected chi connectivity index (χ1v) is 10.0. The molecule has 1 N–H and O–H groups in total. The number of piperazine rings is 1. The van der Waals surface area contributed by atoms with E-state index in [1.165, 1.54) is 16.8 Å². The molecule has 1 aliphatic heterocycles. The molecule has 0 aromatic heterocycles. The van der Waals surface area contributed by atoms with Crippen LogP contribution < -0.4 is 10.2 Å². The number of nitrogens with zero attached hydrogens (tertiary/aromatic N) is 3. The summed E-state index contributed by atoms with van der Waals surface area (Å²) in [6, 6.07) is 13.7.